The van der Waals surface area contributed by atoms with Gasteiger partial charge < -0.3 is 15.2 Å². The van der Waals surface area contributed by atoms with E-state index in [4.69, 9.17) is 5.11 Å². The average Bonchev–Trinajstić information content (AvgIpc) is 2.39. The maximum Gasteiger partial charge on any atom is 0.422 e. The Labute approximate surface area is 124 Å². The van der Waals surface area contributed by atoms with Gasteiger partial charge in [0.05, 0.1) is 0 Å². The molecule has 0 atom stereocenters. The molecule has 0 bridgehead atoms. The molecule has 2 rings (SSSR count). The maximum atomic E-state index is 12.0. The summed E-state index contributed by atoms with van der Waals surface area (Å²) in [6.45, 7) is -1.42. The first kappa shape index (κ1) is 16.1. The number of amides is 1. The molecule has 1 aliphatic carbocycles. The summed E-state index contributed by atoms with van der Waals surface area (Å²) in [5.74, 6) is -1.69. The molecule has 1 aromatic rings. The molecule has 1 saturated carbocycles. The Kier molecular flexibility index (Phi) is 4.30. The number of carbonyl (C=O) groups excluding carboxylic acids is 1. The summed E-state index contributed by atoms with van der Waals surface area (Å²) in [5.41, 5.74) is -1.07. The van der Waals surface area contributed by atoms with Gasteiger partial charge in [0.1, 0.15) is 11.3 Å². The smallest absolute Gasteiger partial charge is 0.422 e. The average molecular weight is 317 g/mol. The molecule has 0 radical (unpaired) electrons. The second-order valence-corrected chi connectivity index (χ2v) is 5.12. The summed E-state index contributed by atoms with van der Waals surface area (Å²) in [6, 6.07) is 5.04. The van der Waals surface area contributed by atoms with Crippen molar-refractivity contribution in [2.24, 2.45) is 0 Å². The minimum Gasteiger partial charge on any atom is -0.484 e. The minimum absolute atomic E-state index is 0.0227. The Hall–Kier alpha value is -2.25. The highest BCUT2D eigenvalue weighted by Crippen LogP contribution is 2.32. The van der Waals surface area contributed by atoms with Crippen LogP contribution in [0.15, 0.2) is 24.3 Å². The van der Waals surface area contributed by atoms with Gasteiger partial charge >= 0.3 is 12.1 Å². The number of carbonyl (C=O) groups is 2. The van der Waals surface area contributed by atoms with Crippen LogP contribution in [0.2, 0.25) is 0 Å². The summed E-state index contributed by atoms with van der Waals surface area (Å²) in [5, 5.41) is 11.6. The largest absolute Gasteiger partial charge is 0.484 e. The van der Waals surface area contributed by atoms with Crippen LogP contribution in [0.4, 0.5) is 13.2 Å². The zero-order valence-electron chi connectivity index (χ0n) is 11.4. The van der Waals surface area contributed by atoms with Crippen LogP contribution in [0.3, 0.4) is 0 Å². The topological polar surface area (TPSA) is 75.6 Å². The number of hydrogen-bond acceptors (Lipinski definition) is 3. The van der Waals surface area contributed by atoms with Crippen molar-refractivity contribution in [2.75, 3.05) is 6.61 Å². The van der Waals surface area contributed by atoms with Crippen molar-refractivity contribution in [2.45, 2.75) is 31.0 Å². The Morgan fingerprint density at radius 3 is 2.23 bits per heavy atom. The molecule has 0 aliphatic heterocycles. The lowest BCUT2D eigenvalue weighted by Crippen LogP contribution is -2.59. The first-order valence-corrected chi connectivity index (χ1v) is 6.57. The monoisotopic (exact) mass is 317 g/mol. The fourth-order valence-corrected chi connectivity index (χ4v) is 2.08. The van der Waals surface area contributed by atoms with E-state index in [1.54, 1.807) is 0 Å². The summed E-state index contributed by atoms with van der Waals surface area (Å²) in [7, 11) is 0. The van der Waals surface area contributed by atoms with Crippen molar-refractivity contribution in [3.05, 3.63) is 29.8 Å². The highest BCUT2D eigenvalue weighted by Gasteiger charge is 2.45. The van der Waals surface area contributed by atoms with Crippen molar-refractivity contribution in [1.82, 2.24) is 5.32 Å². The molecule has 0 saturated heterocycles. The number of rotatable bonds is 5. The minimum atomic E-state index is -4.44. The van der Waals surface area contributed by atoms with Crippen molar-refractivity contribution >= 4 is 11.9 Å². The number of halogens is 3. The molecule has 0 heterocycles. The lowest BCUT2D eigenvalue weighted by Gasteiger charge is -2.38. The third-order valence-corrected chi connectivity index (χ3v) is 3.49. The standard InChI is InChI=1S/C14H14F3NO4/c15-14(16,17)8-22-10-4-2-9(3-5-10)11(19)18-13(12(20)21)6-1-7-13/h2-5H,1,6-8H2,(H,18,19)(H,20,21). The lowest BCUT2D eigenvalue weighted by molar-refractivity contribution is -0.153. The Bertz CT molecular complexity index is 564. The number of ether oxygens (including phenoxy) is 1. The van der Waals surface area contributed by atoms with Gasteiger partial charge in [-0.3, -0.25) is 4.79 Å². The molecule has 0 spiro atoms. The van der Waals surface area contributed by atoms with E-state index in [0.717, 1.165) is 6.42 Å². The lowest BCUT2D eigenvalue weighted by atomic mass is 9.76. The number of hydrogen-bond donors (Lipinski definition) is 2. The van der Waals surface area contributed by atoms with Crippen LogP contribution >= 0.6 is 0 Å². The van der Waals surface area contributed by atoms with E-state index in [1.165, 1.54) is 24.3 Å². The number of benzene rings is 1. The normalized spacial score (nSPS) is 16.5. The van der Waals surface area contributed by atoms with Gasteiger partial charge in [-0.2, -0.15) is 13.2 Å². The van der Waals surface area contributed by atoms with Gasteiger partial charge in [0.15, 0.2) is 6.61 Å². The van der Waals surface area contributed by atoms with E-state index in [2.05, 4.69) is 10.1 Å². The molecule has 1 amide bonds. The molecule has 0 aromatic heterocycles. The van der Waals surface area contributed by atoms with Gasteiger partial charge in [-0.1, -0.05) is 0 Å². The Morgan fingerprint density at radius 2 is 1.82 bits per heavy atom. The third kappa shape index (κ3) is 3.69. The van der Waals surface area contributed by atoms with E-state index in [0.29, 0.717) is 12.8 Å². The number of carboxylic acid groups (broad SMARTS) is 1. The van der Waals surface area contributed by atoms with Gasteiger partial charge in [-0.15, -0.1) is 0 Å². The molecular formula is C14H14F3NO4. The van der Waals surface area contributed by atoms with Crippen LogP contribution in [0.5, 0.6) is 5.75 Å². The fourth-order valence-electron chi connectivity index (χ4n) is 2.08. The van der Waals surface area contributed by atoms with Crippen LogP contribution in [0.25, 0.3) is 0 Å². The fraction of sp³-hybridized carbons (Fsp3) is 0.429. The van der Waals surface area contributed by atoms with E-state index in [9.17, 15) is 22.8 Å². The van der Waals surface area contributed by atoms with E-state index < -0.39 is 30.2 Å². The zero-order chi connectivity index (χ0) is 16.4. The van der Waals surface area contributed by atoms with Gasteiger partial charge in [0.2, 0.25) is 0 Å². The summed E-state index contributed by atoms with van der Waals surface area (Å²) < 4.78 is 40.6. The quantitative estimate of drug-likeness (QED) is 0.874. The van der Waals surface area contributed by atoms with Crippen molar-refractivity contribution < 1.29 is 32.6 Å². The molecule has 0 unspecified atom stereocenters. The number of nitrogens with one attached hydrogen (secondary N) is 1. The summed E-state index contributed by atoms with van der Waals surface area (Å²) >= 11 is 0. The number of alkyl halides is 3. The summed E-state index contributed by atoms with van der Waals surface area (Å²) in [6.07, 6.45) is -2.99. The Morgan fingerprint density at radius 1 is 1.23 bits per heavy atom. The maximum absolute atomic E-state index is 12.0. The van der Waals surface area contributed by atoms with Crippen LogP contribution in [-0.2, 0) is 4.79 Å². The second kappa shape index (κ2) is 5.86. The summed E-state index contributed by atoms with van der Waals surface area (Å²) in [4.78, 5) is 23.2. The number of aliphatic carboxylic acids is 1. The van der Waals surface area contributed by atoms with Crippen LogP contribution in [0.1, 0.15) is 29.6 Å². The first-order valence-electron chi connectivity index (χ1n) is 6.57. The van der Waals surface area contributed by atoms with Crippen LogP contribution < -0.4 is 10.1 Å². The van der Waals surface area contributed by atoms with Gasteiger partial charge in [-0.25, -0.2) is 4.79 Å². The third-order valence-electron chi connectivity index (χ3n) is 3.49. The highest BCUT2D eigenvalue weighted by atomic mass is 19.4. The van der Waals surface area contributed by atoms with E-state index >= 15 is 0 Å². The van der Waals surface area contributed by atoms with Crippen molar-refractivity contribution in [3.8, 4) is 5.75 Å². The van der Waals surface area contributed by atoms with Crippen molar-refractivity contribution in [3.63, 3.8) is 0 Å². The van der Waals surface area contributed by atoms with Gasteiger partial charge in [0, 0.05) is 5.56 Å². The van der Waals surface area contributed by atoms with Crippen molar-refractivity contribution in [1.29, 1.82) is 0 Å². The highest BCUT2D eigenvalue weighted by molar-refractivity contribution is 5.98. The molecule has 1 aliphatic rings. The Balaban J connectivity index is 1.98. The molecule has 22 heavy (non-hydrogen) atoms. The molecular weight excluding hydrogens is 303 g/mol. The van der Waals surface area contributed by atoms with E-state index in [-0.39, 0.29) is 11.3 Å². The van der Waals surface area contributed by atoms with Crippen LogP contribution in [0, 0.1) is 0 Å². The van der Waals surface area contributed by atoms with Gasteiger partial charge in [-0.05, 0) is 43.5 Å². The molecule has 120 valence electrons. The molecule has 1 fully saturated rings. The molecule has 2 N–H and O–H groups in total. The van der Waals surface area contributed by atoms with Crippen LogP contribution in [-0.4, -0.2) is 35.3 Å². The predicted molar refractivity (Wildman–Crippen MR) is 69.7 cm³/mol. The second-order valence-electron chi connectivity index (χ2n) is 5.12. The molecule has 8 heteroatoms. The zero-order valence-corrected chi connectivity index (χ0v) is 11.4. The molecule has 1 aromatic carbocycles. The van der Waals surface area contributed by atoms with Gasteiger partial charge in [0.25, 0.3) is 5.91 Å². The molecule has 5 nitrogen and oxygen atoms in total. The number of carboxylic acids is 1. The SMILES string of the molecule is O=C(NC1(C(=O)O)CCC1)c1ccc(OCC(F)(F)F)cc1. The van der Waals surface area contributed by atoms with E-state index in [1.807, 2.05) is 0 Å². The predicted octanol–water partition coefficient (Wildman–Crippen LogP) is 2.36. The first-order chi connectivity index (χ1) is 10.2.